The van der Waals surface area contributed by atoms with Gasteiger partial charge in [-0.3, -0.25) is 4.79 Å². The summed E-state index contributed by atoms with van der Waals surface area (Å²) in [4.78, 5) is 32.6. The van der Waals surface area contributed by atoms with Crippen molar-refractivity contribution in [3.8, 4) is 5.75 Å². The van der Waals surface area contributed by atoms with Gasteiger partial charge in [-0.05, 0) is 37.5 Å². The van der Waals surface area contributed by atoms with Crippen molar-refractivity contribution < 1.29 is 22.7 Å². The molecule has 0 saturated carbocycles. The minimum Gasteiger partial charge on any atom is -0.406 e. The molecule has 2 saturated heterocycles. The minimum atomic E-state index is -4.74. The normalized spacial score (nSPS) is 19.6. The van der Waals surface area contributed by atoms with Gasteiger partial charge in [-0.15, -0.1) is 13.2 Å². The van der Waals surface area contributed by atoms with Crippen LogP contribution < -0.4 is 20.3 Å². The van der Waals surface area contributed by atoms with E-state index in [1.165, 1.54) is 30.5 Å². The Morgan fingerprint density at radius 1 is 1.24 bits per heavy atom. The summed E-state index contributed by atoms with van der Waals surface area (Å²) < 4.78 is 40.6. The molecule has 9 nitrogen and oxygen atoms in total. The molecule has 178 valence electrons. The Labute approximate surface area is 192 Å². The van der Waals surface area contributed by atoms with Crippen LogP contribution in [0.5, 0.6) is 5.75 Å². The lowest BCUT2D eigenvalue weighted by Crippen LogP contribution is -2.44. The first kappa shape index (κ1) is 22.3. The summed E-state index contributed by atoms with van der Waals surface area (Å²) in [5.74, 6) is 0.342. The van der Waals surface area contributed by atoms with Crippen LogP contribution in [0.15, 0.2) is 30.5 Å². The molecule has 0 radical (unpaired) electrons. The van der Waals surface area contributed by atoms with Crippen LogP contribution in [0, 0.1) is 6.92 Å². The van der Waals surface area contributed by atoms with Crippen molar-refractivity contribution in [2.75, 3.05) is 23.3 Å². The van der Waals surface area contributed by atoms with E-state index in [1.807, 2.05) is 6.92 Å². The Morgan fingerprint density at radius 2 is 2.03 bits per heavy atom. The van der Waals surface area contributed by atoms with Crippen molar-refractivity contribution in [2.45, 2.75) is 44.6 Å². The number of piperazine rings is 1. The molecule has 0 aliphatic carbocycles. The SMILES string of the molecule is Cc1nc(N2CC3CC2CN3)nc2ncc(NC(=O)CCc3ccc(OC(F)(F)F)cc3)nc12. The monoisotopic (exact) mass is 473 g/mol. The molecule has 2 fully saturated rings. The predicted molar refractivity (Wildman–Crippen MR) is 117 cm³/mol. The fourth-order valence-electron chi connectivity index (χ4n) is 4.35. The van der Waals surface area contributed by atoms with Gasteiger partial charge in [-0.25, -0.2) is 15.0 Å². The number of carbonyl (C=O) groups is 1. The molecule has 1 amide bonds. The molecule has 2 aliphatic heterocycles. The molecule has 34 heavy (non-hydrogen) atoms. The first-order valence-electron chi connectivity index (χ1n) is 10.9. The Balaban J connectivity index is 1.21. The van der Waals surface area contributed by atoms with Gasteiger partial charge in [0.1, 0.15) is 11.3 Å². The molecule has 3 aromatic rings. The third kappa shape index (κ3) is 4.86. The molecule has 12 heteroatoms. The highest BCUT2D eigenvalue weighted by atomic mass is 19.4. The van der Waals surface area contributed by atoms with E-state index in [4.69, 9.17) is 0 Å². The number of nitrogens with zero attached hydrogens (tertiary/aromatic N) is 5. The lowest BCUT2D eigenvalue weighted by Gasteiger charge is -2.27. The predicted octanol–water partition coefficient (Wildman–Crippen LogP) is 2.75. The number of rotatable bonds is 6. The molecule has 4 heterocycles. The first-order valence-corrected chi connectivity index (χ1v) is 10.9. The average Bonchev–Trinajstić information content (AvgIpc) is 3.42. The summed E-state index contributed by atoms with van der Waals surface area (Å²) in [6.07, 6.45) is -1.73. The molecule has 2 atom stereocenters. The number of anilines is 2. The summed E-state index contributed by atoms with van der Waals surface area (Å²) in [5, 5.41) is 6.16. The van der Waals surface area contributed by atoms with Crippen LogP contribution in [0.3, 0.4) is 0 Å². The summed E-state index contributed by atoms with van der Waals surface area (Å²) >= 11 is 0. The maximum absolute atomic E-state index is 12.4. The van der Waals surface area contributed by atoms with Crippen LogP contribution >= 0.6 is 0 Å². The fraction of sp³-hybridized carbons (Fsp3) is 0.409. The lowest BCUT2D eigenvalue weighted by atomic mass is 10.1. The second-order valence-electron chi connectivity index (χ2n) is 8.42. The molecular weight excluding hydrogens is 451 g/mol. The van der Waals surface area contributed by atoms with Crippen molar-refractivity contribution in [3.63, 3.8) is 0 Å². The van der Waals surface area contributed by atoms with Gasteiger partial charge in [0.2, 0.25) is 11.9 Å². The van der Waals surface area contributed by atoms with E-state index in [1.54, 1.807) is 0 Å². The highest BCUT2D eigenvalue weighted by Gasteiger charge is 2.39. The van der Waals surface area contributed by atoms with E-state index < -0.39 is 6.36 Å². The number of alkyl halides is 3. The number of halogens is 3. The highest BCUT2D eigenvalue weighted by molar-refractivity contribution is 5.90. The van der Waals surface area contributed by atoms with Crippen LogP contribution in [-0.4, -0.2) is 57.4 Å². The summed E-state index contributed by atoms with van der Waals surface area (Å²) in [6.45, 7) is 3.63. The molecule has 2 N–H and O–H groups in total. The van der Waals surface area contributed by atoms with Gasteiger partial charge >= 0.3 is 6.36 Å². The second kappa shape index (κ2) is 8.67. The van der Waals surface area contributed by atoms with Gasteiger partial charge in [0.15, 0.2) is 11.5 Å². The number of hydrogen-bond donors (Lipinski definition) is 2. The number of fused-ring (bicyclic) bond motifs is 3. The van der Waals surface area contributed by atoms with Crippen LogP contribution in [0.1, 0.15) is 24.1 Å². The van der Waals surface area contributed by atoms with Crippen LogP contribution in [0.4, 0.5) is 24.9 Å². The molecule has 2 bridgehead atoms. The minimum absolute atomic E-state index is 0.124. The van der Waals surface area contributed by atoms with Crippen molar-refractivity contribution in [1.29, 1.82) is 0 Å². The maximum Gasteiger partial charge on any atom is 0.573 e. The third-order valence-corrected chi connectivity index (χ3v) is 5.95. The number of hydrogen-bond acceptors (Lipinski definition) is 8. The number of benzene rings is 1. The molecule has 2 aromatic heterocycles. The maximum atomic E-state index is 12.4. The van der Waals surface area contributed by atoms with Crippen molar-refractivity contribution in [3.05, 3.63) is 41.7 Å². The largest absolute Gasteiger partial charge is 0.573 e. The number of amides is 1. The lowest BCUT2D eigenvalue weighted by molar-refractivity contribution is -0.274. The zero-order chi connectivity index (χ0) is 23.9. The number of aryl methyl sites for hydroxylation is 2. The number of carbonyl (C=O) groups excluding carboxylic acids is 1. The standard InChI is InChI=1S/C22H22F3N7O2/c1-12-19-20(31-21(28-12)32-11-14-8-15(32)9-26-14)27-10-17(30-19)29-18(33)7-4-13-2-5-16(6-3-13)34-22(23,24)25/h2-3,5-6,10,14-15,26H,4,7-9,11H2,1H3,(H,29,30,33). The van der Waals surface area contributed by atoms with E-state index in [-0.39, 0.29) is 23.9 Å². The van der Waals surface area contributed by atoms with E-state index >= 15 is 0 Å². The van der Waals surface area contributed by atoms with E-state index in [9.17, 15) is 18.0 Å². The quantitative estimate of drug-likeness (QED) is 0.563. The topological polar surface area (TPSA) is 105 Å². The molecule has 0 spiro atoms. The molecule has 2 unspecified atom stereocenters. The van der Waals surface area contributed by atoms with Gasteiger partial charge in [0, 0.05) is 31.6 Å². The van der Waals surface area contributed by atoms with Gasteiger partial charge in [-0.1, -0.05) is 12.1 Å². The Hall–Kier alpha value is -3.54. The van der Waals surface area contributed by atoms with Crippen LogP contribution in [0.2, 0.25) is 0 Å². The fourth-order valence-corrected chi connectivity index (χ4v) is 4.35. The van der Waals surface area contributed by atoms with E-state index in [0.717, 1.165) is 19.5 Å². The smallest absolute Gasteiger partial charge is 0.406 e. The molecule has 5 rings (SSSR count). The summed E-state index contributed by atoms with van der Waals surface area (Å²) in [6, 6.07) is 6.28. The van der Waals surface area contributed by atoms with Gasteiger partial charge < -0.3 is 20.3 Å². The van der Waals surface area contributed by atoms with Crippen LogP contribution in [0.25, 0.3) is 11.2 Å². The van der Waals surface area contributed by atoms with E-state index in [2.05, 4.69) is 40.2 Å². The number of ether oxygens (including phenoxy) is 1. The third-order valence-electron chi connectivity index (χ3n) is 5.95. The number of nitrogens with one attached hydrogen (secondary N) is 2. The zero-order valence-corrected chi connectivity index (χ0v) is 18.3. The zero-order valence-electron chi connectivity index (χ0n) is 18.3. The average molecular weight is 473 g/mol. The highest BCUT2D eigenvalue weighted by Crippen LogP contribution is 2.28. The number of aromatic nitrogens is 4. The first-order chi connectivity index (χ1) is 16.2. The van der Waals surface area contributed by atoms with Crippen molar-refractivity contribution >= 4 is 28.8 Å². The van der Waals surface area contributed by atoms with Gasteiger partial charge in [-0.2, -0.15) is 4.98 Å². The summed E-state index contributed by atoms with van der Waals surface area (Å²) in [7, 11) is 0. The Bertz CT molecular complexity index is 1220. The molecular formula is C22H22F3N7O2. The Morgan fingerprint density at radius 3 is 2.71 bits per heavy atom. The van der Waals surface area contributed by atoms with Crippen molar-refractivity contribution in [2.24, 2.45) is 0 Å². The molecule has 2 aliphatic rings. The van der Waals surface area contributed by atoms with Gasteiger partial charge in [0.25, 0.3) is 0 Å². The van der Waals surface area contributed by atoms with E-state index in [0.29, 0.717) is 46.9 Å². The van der Waals surface area contributed by atoms with Crippen LogP contribution in [-0.2, 0) is 11.2 Å². The van der Waals surface area contributed by atoms with Gasteiger partial charge in [0.05, 0.1) is 11.9 Å². The second-order valence-corrected chi connectivity index (χ2v) is 8.42. The van der Waals surface area contributed by atoms with Crippen molar-refractivity contribution in [1.82, 2.24) is 25.3 Å². The molecule has 1 aromatic carbocycles. The summed E-state index contributed by atoms with van der Waals surface area (Å²) in [5.41, 5.74) is 2.37. The Kier molecular flexibility index (Phi) is 5.68.